The van der Waals surface area contributed by atoms with E-state index < -0.39 is 17.7 Å². The Morgan fingerprint density at radius 3 is 2.24 bits per heavy atom. The van der Waals surface area contributed by atoms with Crippen LogP contribution in [0.5, 0.6) is 5.75 Å². The van der Waals surface area contributed by atoms with Crippen molar-refractivity contribution in [1.82, 2.24) is 4.98 Å². The molecule has 1 fully saturated rings. The molecule has 1 aromatic heterocycles. The van der Waals surface area contributed by atoms with Gasteiger partial charge in [0.15, 0.2) is 6.10 Å². The first-order valence-electron chi connectivity index (χ1n) is 15.9. The first-order valence-corrected chi connectivity index (χ1v) is 15.9. The third-order valence-corrected chi connectivity index (χ3v) is 7.91. The minimum atomic E-state index is -0.964. The molecule has 1 atom stereocenters. The van der Waals surface area contributed by atoms with Gasteiger partial charge in [0.1, 0.15) is 11.6 Å². The monoisotopic (exact) mass is 620 g/mol. The Balaban J connectivity index is 1.77. The molecule has 244 valence electrons. The van der Waals surface area contributed by atoms with Crippen molar-refractivity contribution in [2.75, 3.05) is 31.7 Å². The van der Waals surface area contributed by atoms with Crippen LogP contribution in [-0.2, 0) is 32.0 Å². The molecule has 0 N–H and O–H groups in total. The molecule has 0 bridgehead atoms. The average molecular weight is 621 g/mol. The second kappa shape index (κ2) is 14.7. The van der Waals surface area contributed by atoms with Gasteiger partial charge in [0.25, 0.3) is 0 Å². The van der Waals surface area contributed by atoms with Gasteiger partial charge in [-0.05, 0) is 88.3 Å². The number of esters is 1. The molecule has 1 aliphatic rings. The van der Waals surface area contributed by atoms with Gasteiger partial charge in [-0.1, -0.05) is 38.1 Å². The summed E-state index contributed by atoms with van der Waals surface area (Å²) >= 11 is 0. The molecule has 8 heteroatoms. The molecule has 0 unspecified atom stereocenters. The van der Waals surface area contributed by atoms with E-state index in [1.54, 1.807) is 25.4 Å². The summed E-state index contributed by atoms with van der Waals surface area (Å²) in [4.78, 5) is 20.9. The van der Waals surface area contributed by atoms with E-state index in [0.29, 0.717) is 25.2 Å². The summed E-state index contributed by atoms with van der Waals surface area (Å²) < 4.78 is 37.1. The van der Waals surface area contributed by atoms with E-state index in [9.17, 15) is 9.18 Å². The standard InChI is InChI=1S/C37H49FN2O5/c1-25(2)44-35(41)34(45-36(3,4)5)30-23-39-31(24-42-8)32(33(30)40-20-18-37(6,7)19-21-40)27-11-15-29(16-12-27)43-22-17-26-9-13-28(38)14-10-26/h9-16,23,25,34H,17-22,24H2,1-8H3/t34-/m0/s1. The van der Waals surface area contributed by atoms with Crippen LogP contribution < -0.4 is 9.64 Å². The second-order valence-electron chi connectivity index (χ2n) is 13.8. The zero-order valence-electron chi connectivity index (χ0n) is 28.1. The minimum absolute atomic E-state index is 0.226. The van der Waals surface area contributed by atoms with E-state index in [-0.39, 0.29) is 17.3 Å². The van der Waals surface area contributed by atoms with E-state index in [4.69, 9.17) is 23.9 Å². The third-order valence-electron chi connectivity index (χ3n) is 7.91. The van der Waals surface area contributed by atoms with Crippen LogP contribution in [0, 0.1) is 11.2 Å². The Kier molecular flexibility index (Phi) is 11.3. The lowest BCUT2D eigenvalue weighted by atomic mass is 9.82. The first kappa shape index (κ1) is 34.4. The van der Waals surface area contributed by atoms with Crippen LogP contribution in [0.1, 0.15) is 84.2 Å². The first-order chi connectivity index (χ1) is 21.3. The molecule has 0 aliphatic carbocycles. The number of nitrogens with zero attached hydrogens (tertiary/aromatic N) is 2. The molecule has 2 heterocycles. The molecule has 1 saturated heterocycles. The van der Waals surface area contributed by atoms with Gasteiger partial charge in [-0.3, -0.25) is 4.98 Å². The van der Waals surface area contributed by atoms with Crippen molar-refractivity contribution in [3.05, 3.63) is 77.4 Å². The maximum atomic E-state index is 13.6. The van der Waals surface area contributed by atoms with Crippen molar-refractivity contribution in [1.29, 1.82) is 0 Å². The highest BCUT2D eigenvalue weighted by atomic mass is 19.1. The zero-order chi connectivity index (χ0) is 32.8. The van der Waals surface area contributed by atoms with Crippen molar-refractivity contribution in [3.8, 4) is 16.9 Å². The van der Waals surface area contributed by atoms with Gasteiger partial charge in [0.2, 0.25) is 0 Å². The number of rotatable bonds is 12. The second-order valence-corrected chi connectivity index (χ2v) is 13.8. The molecule has 0 amide bonds. The number of halogens is 1. The Bertz CT molecular complexity index is 1400. The quantitative estimate of drug-likeness (QED) is 0.190. The Labute approximate surface area is 268 Å². The van der Waals surface area contributed by atoms with Crippen LogP contribution in [0.25, 0.3) is 11.1 Å². The summed E-state index contributed by atoms with van der Waals surface area (Å²) in [6, 6.07) is 14.4. The fourth-order valence-corrected chi connectivity index (χ4v) is 5.51. The van der Waals surface area contributed by atoms with Crippen molar-refractivity contribution >= 4 is 11.7 Å². The fourth-order valence-electron chi connectivity index (χ4n) is 5.51. The lowest BCUT2D eigenvalue weighted by Crippen LogP contribution is -2.39. The van der Waals surface area contributed by atoms with Gasteiger partial charge in [-0.25, -0.2) is 9.18 Å². The highest BCUT2D eigenvalue weighted by Crippen LogP contribution is 2.44. The summed E-state index contributed by atoms with van der Waals surface area (Å²) in [5.74, 6) is 0.0482. The summed E-state index contributed by atoms with van der Waals surface area (Å²) in [7, 11) is 1.66. The van der Waals surface area contributed by atoms with Crippen LogP contribution in [0.15, 0.2) is 54.7 Å². The molecule has 0 saturated carbocycles. The van der Waals surface area contributed by atoms with Gasteiger partial charge < -0.3 is 23.8 Å². The predicted octanol–water partition coefficient (Wildman–Crippen LogP) is 8.09. The van der Waals surface area contributed by atoms with Gasteiger partial charge in [0.05, 0.1) is 36.3 Å². The Morgan fingerprint density at radius 2 is 1.67 bits per heavy atom. The fraction of sp³-hybridized carbons (Fsp3) is 0.514. The van der Waals surface area contributed by atoms with E-state index >= 15 is 0 Å². The normalized spacial score (nSPS) is 15.6. The van der Waals surface area contributed by atoms with Crippen molar-refractivity contribution in [2.24, 2.45) is 5.41 Å². The van der Waals surface area contributed by atoms with Crippen LogP contribution in [0.4, 0.5) is 10.1 Å². The van der Waals surface area contributed by atoms with E-state index in [2.05, 4.69) is 18.7 Å². The van der Waals surface area contributed by atoms with Crippen molar-refractivity contribution in [2.45, 2.75) is 92.1 Å². The summed E-state index contributed by atoms with van der Waals surface area (Å²) in [6.07, 6.45) is 3.19. The molecule has 2 aromatic carbocycles. The highest BCUT2D eigenvalue weighted by molar-refractivity contribution is 5.87. The van der Waals surface area contributed by atoms with E-state index in [1.807, 2.05) is 58.9 Å². The lowest BCUT2D eigenvalue weighted by molar-refractivity contribution is -0.171. The summed E-state index contributed by atoms with van der Waals surface area (Å²) in [5.41, 5.74) is 4.86. The molecular weight excluding hydrogens is 571 g/mol. The number of pyridine rings is 1. The van der Waals surface area contributed by atoms with Gasteiger partial charge in [-0.15, -0.1) is 0 Å². The van der Waals surface area contributed by atoms with E-state index in [0.717, 1.165) is 59.8 Å². The number of piperidine rings is 1. The number of carbonyl (C=O) groups is 1. The number of ether oxygens (including phenoxy) is 4. The predicted molar refractivity (Wildman–Crippen MR) is 176 cm³/mol. The summed E-state index contributed by atoms with van der Waals surface area (Å²) in [6.45, 7) is 16.5. The maximum Gasteiger partial charge on any atom is 0.340 e. The zero-order valence-corrected chi connectivity index (χ0v) is 28.1. The maximum absolute atomic E-state index is 13.6. The van der Waals surface area contributed by atoms with Crippen molar-refractivity contribution in [3.63, 3.8) is 0 Å². The Hall–Kier alpha value is -3.49. The van der Waals surface area contributed by atoms with Gasteiger partial charge in [-0.2, -0.15) is 0 Å². The Morgan fingerprint density at radius 1 is 1.02 bits per heavy atom. The molecule has 1 aliphatic heterocycles. The number of methoxy groups -OCH3 is 1. The van der Waals surface area contributed by atoms with Crippen LogP contribution in [0.2, 0.25) is 0 Å². The van der Waals surface area contributed by atoms with E-state index in [1.165, 1.54) is 12.1 Å². The molecule has 3 aromatic rings. The lowest BCUT2D eigenvalue weighted by Gasteiger charge is -2.41. The number of benzene rings is 2. The average Bonchev–Trinajstić information content (AvgIpc) is 2.97. The smallest absolute Gasteiger partial charge is 0.340 e. The SMILES string of the molecule is COCc1ncc([C@H](OC(C)(C)C)C(=O)OC(C)C)c(N2CCC(C)(C)CC2)c1-c1ccc(OCCc2ccc(F)cc2)cc1. The van der Waals surface area contributed by atoms with Crippen LogP contribution in [-0.4, -0.2) is 49.5 Å². The molecule has 4 rings (SSSR count). The van der Waals surface area contributed by atoms with Gasteiger partial charge in [0, 0.05) is 43.9 Å². The summed E-state index contributed by atoms with van der Waals surface area (Å²) in [5, 5.41) is 0. The van der Waals surface area contributed by atoms with Gasteiger partial charge >= 0.3 is 5.97 Å². The molecule has 0 radical (unpaired) electrons. The highest BCUT2D eigenvalue weighted by Gasteiger charge is 2.36. The number of hydrogen-bond acceptors (Lipinski definition) is 7. The van der Waals surface area contributed by atoms with Crippen LogP contribution >= 0.6 is 0 Å². The molecular formula is C37H49FN2O5. The number of hydrogen-bond donors (Lipinski definition) is 0. The van der Waals surface area contributed by atoms with Crippen molar-refractivity contribution < 1.29 is 28.1 Å². The largest absolute Gasteiger partial charge is 0.493 e. The topological polar surface area (TPSA) is 70.1 Å². The molecule has 7 nitrogen and oxygen atoms in total. The minimum Gasteiger partial charge on any atom is -0.493 e. The number of anilines is 1. The molecule has 0 spiro atoms. The number of carbonyl (C=O) groups excluding carboxylic acids is 1. The number of aromatic nitrogens is 1. The third kappa shape index (κ3) is 9.50. The molecule has 45 heavy (non-hydrogen) atoms. The van der Waals surface area contributed by atoms with Crippen LogP contribution in [0.3, 0.4) is 0 Å².